The number of amides is 2. The van der Waals surface area contributed by atoms with Gasteiger partial charge in [0.2, 0.25) is 0 Å². The van der Waals surface area contributed by atoms with Crippen LogP contribution >= 0.6 is 11.6 Å². The second-order valence-corrected chi connectivity index (χ2v) is 14.2. The molecule has 0 fully saturated rings. The zero-order chi connectivity index (χ0) is 46.9. The molecule has 3 rings (SSSR count). The second kappa shape index (κ2) is 33.8. The Labute approximate surface area is 384 Å². The third-order valence-corrected chi connectivity index (χ3v) is 8.68. The number of anilines is 2. The summed E-state index contributed by atoms with van der Waals surface area (Å²) in [7, 11) is 3.22. The highest BCUT2D eigenvalue weighted by Gasteiger charge is 2.22. The maximum absolute atomic E-state index is 13.4. The zero-order valence-electron chi connectivity index (χ0n) is 37.5. The number of benzene rings is 2. The van der Waals surface area contributed by atoms with Crippen molar-refractivity contribution >= 4 is 46.7 Å². The van der Waals surface area contributed by atoms with Gasteiger partial charge in [0.25, 0.3) is 11.8 Å². The lowest BCUT2D eigenvalue weighted by Crippen LogP contribution is -2.24. The third-order valence-electron chi connectivity index (χ3n) is 8.46. The highest BCUT2D eigenvalue weighted by atomic mass is 35.5. The number of hydrogen-bond donors (Lipinski definition) is 2. The van der Waals surface area contributed by atoms with Crippen LogP contribution in [0.1, 0.15) is 55.5 Å². The van der Waals surface area contributed by atoms with Crippen LogP contribution in [-0.2, 0) is 56.8 Å². The molecule has 2 amide bonds. The first-order valence-electron chi connectivity index (χ1n) is 21.1. The molecule has 2 N–H and O–H groups in total. The fourth-order valence-electron chi connectivity index (χ4n) is 5.31. The van der Waals surface area contributed by atoms with Gasteiger partial charge in [0.1, 0.15) is 23.6 Å². The van der Waals surface area contributed by atoms with E-state index in [1.807, 2.05) is 0 Å². The number of carbonyl (C=O) groups is 4. The molecule has 65 heavy (non-hydrogen) atoms. The molecule has 1 heterocycles. The average Bonchev–Trinajstić information content (AvgIpc) is 3.29. The van der Waals surface area contributed by atoms with Crippen molar-refractivity contribution in [3.8, 4) is 0 Å². The van der Waals surface area contributed by atoms with Crippen molar-refractivity contribution in [1.82, 2.24) is 4.98 Å². The molecule has 0 saturated heterocycles. The summed E-state index contributed by atoms with van der Waals surface area (Å²) in [6.45, 7) is 10.3. The Morgan fingerprint density at radius 2 is 0.800 bits per heavy atom. The molecular weight excluding hydrogens is 874 g/mol. The molecule has 0 aliphatic carbocycles. The Hall–Kier alpha value is -4.64. The van der Waals surface area contributed by atoms with E-state index in [0.717, 1.165) is 0 Å². The predicted molar refractivity (Wildman–Crippen MR) is 238 cm³/mol. The number of methoxy groups -OCH3 is 2. The molecule has 19 nitrogen and oxygen atoms in total. The van der Waals surface area contributed by atoms with Gasteiger partial charge in [0.15, 0.2) is 0 Å². The van der Waals surface area contributed by atoms with Crippen molar-refractivity contribution in [3.63, 3.8) is 0 Å². The number of aromatic nitrogens is 1. The Bertz CT molecular complexity index is 1710. The van der Waals surface area contributed by atoms with E-state index in [2.05, 4.69) is 15.6 Å². The molecule has 360 valence electrons. The lowest BCUT2D eigenvalue weighted by molar-refractivity contribution is -0.0248. The van der Waals surface area contributed by atoms with Gasteiger partial charge in [0.05, 0.1) is 141 Å². The lowest BCUT2D eigenvalue weighted by Gasteiger charge is -2.16. The van der Waals surface area contributed by atoms with Crippen molar-refractivity contribution in [2.24, 2.45) is 0 Å². The van der Waals surface area contributed by atoms with Crippen LogP contribution in [-0.4, -0.2) is 174 Å². The smallest absolute Gasteiger partial charge is 0.340 e. The normalized spacial score (nSPS) is 12.1. The standard InChI is InChI=1S/C45H62ClN3O16/c1-33(31-62-27-25-60-23-21-58-19-17-56-15-13-54-3)64-44(52)36-9-5-7-11-38(36)48-42(50)40-29-35(46)30-41(47-40)43(51)49-39-12-8-6-10-37(39)45(53)65-34(2)32-63-28-26-61-24-22-59-20-18-57-16-14-55-4/h5-12,29-30,33-34H,13-28,31-32H2,1-4H3,(H,48,50)(H,49,51)/t33-,34-/m0/s1. The number of rotatable bonds is 36. The summed E-state index contributed by atoms with van der Waals surface area (Å²) < 4.78 is 64.6. The van der Waals surface area contributed by atoms with E-state index in [1.54, 1.807) is 52.3 Å². The molecule has 3 aromatic rings. The summed E-state index contributed by atoms with van der Waals surface area (Å²) in [4.78, 5) is 57.4. The minimum absolute atomic E-state index is 0.0369. The first-order chi connectivity index (χ1) is 31.6. The van der Waals surface area contributed by atoms with E-state index in [1.165, 1.54) is 36.4 Å². The molecule has 0 aliphatic rings. The summed E-state index contributed by atoms with van der Waals surface area (Å²) in [5, 5.41) is 5.34. The second-order valence-electron chi connectivity index (χ2n) is 13.8. The fourth-order valence-corrected chi connectivity index (χ4v) is 5.51. The molecule has 1 aromatic heterocycles. The lowest BCUT2D eigenvalue weighted by atomic mass is 10.1. The Morgan fingerprint density at radius 3 is 1.14 bits per heavy atom. The molecule has 0 spiro atoms. The number of nitrogens with one attached hydrogen (secondary N) is 2. The number of nitrogens with zero attached hydrogens (tertiary/aromatic N) is 1. The first kappa shape index (κ1) is 54.7. The summed E-state index contributed by atoms with van der Waals surface area (Å²) in [6.07, 6.45) is -1.24. The highest BCUT2D eigenvalue weighted by Crippen LogP contribution is 2.22. The SMILES string of the molecule is COCCOCCOCCOCCOC[C@H](C)OC(=O)c1ccccc1NC(=O)c1cc(Cl)cc(C(=O)Nc2ccccc2C(=O)O[C@@H](C)COCCOCCOCCOCCOC)n1. The number of para-hydroxylation sites is 2. The van der Waals surface area contributed by atoms with Gasteiger partial charge in [-0.05, 0) is 50.2 Å². The predicted octanol–water partition coefficient (Wildman–Crippen LogP) is 4.76. The van der Waals surface area contributed by atoms with E-state index < -0.39 is 36.0 Å². The van der Waals surface area contributed by atoms with Crippen molar-refractivity contribution < 1.29 is 76.0 Å². The Balaban J connectivity index is 1.43. The molecule has 0 saturated carbocycles. The topological polar surface area (TPSA) is 216 Å². The minimum Gasteiger partial charge on any atom is -0.457 e. The fraction of sp³-hybridized carbons (Fsp3) is 0.533. The summed E-state index contributed by atoms with van der Waals surface area (Å²) in [5.41, 5.74) is -0.00237. The van der Waals surface area contributed by atoms with Crippen molar-refractivity contribution in [2.45, 2.75) is 26.1 Å². The van der Waals surface area contributed by atoms with Gasteiger partial charge in [0, 0.05) is 19.2 Å². The molecule has 0 bridgehead atoms. The van der Waals surface area contributed by atoms with Gasteiger partial charge in [-0.1, -0.05) is 35.9 Å². The summed E-state index contributed by atoms with van der Waals surface area (Å²) in [6, 6.07) is 15.0. The van der Waals surface area contributed by atoms with Crippen LogP contribution in [0.15, 0.2) is 60.7 Å². The molecule has 0 unspecified atom stereocenters. The van der Waals surface area contributed by atoms with E-state index in [9.17, 15) is 19.2 Å². The number of halogens is 1. The van der Waals surface area contributed by atoms with Crippen LogP contribution in [0.2, 0.25) is 5.02 Å². The van der Waals surface area contributed by atoms with Gasteiger partial charge in [-0.25, -0.2) is 14.6 Å². The Kier molecular flexibility index (Phi) is 28.4. The van der Waals surface area contributed by atoms with Crippen LogP contribution in [0.25, 0.3) is 0 Å². The number of pyridine rings is 1. The van der Waals surface area contributed by atoms with Crippen LogP contribution < -0.4 is 10.6 Å². The van der Waals surface area contributed by atoms with E-state index in [0.29, 0.717) is 92.5 Å². The van der Waals surface area contributed by atoms with Crippen LogP contribution in [0.4, 0.5) is 11.4 Å². The van der Waals surface area contributed by atoms with Gasteiger partial charge in [-0.3, -0.25) is 9.59 Å². The van der Waals surface area contributed by atoms with Crippen molar-refractivity contribution in [3.05, 3.63) is 88.2 Å². The monoisotopic (exact) mass is 935 g/mol. The third kappa shape index (κ3) is 23.4. The van der Waals surface area contributed by atoms with E-state index in [-0.39, 0.29) is 65.3 Å². The number of carbonyl (C=O) groups excluding carboxylic acids is 4. The summed E-state index contributed by atoms with van der Waals surface area (Å²) >= 11 is 6.33. The first-order valence-corrected chi connectivity index (χ1v) is 21.5. The minimum atomic E-state index is -0.754. The Morgan fingerprint density at radius 1 is 0.492 bits per heavy atom. The molecular formula is C45H62ClN3O16. The molecule has 2 aromatic carbocycles. The van der Waals surface area contributed by atoms with E-state index in [4.69, 9.17) is 68.4 Å². The molecule has 0 aliphatic heterocycles. The van der Waals surface area contributed by atoms with Crippen LogP contribution in [0.5, 0.6) is 0 Å². The van der Waals surface area contributed by atoms with E-state index >= 15 is 0 Å². The number of esters is 2. The maximum Gasteiger partial charge on any atom is 0.340 e. The largest absolute Gasteiger partial charge is 0.457 e. The van der Waals surface area contributed by atoms with Gasteiger partial charge < -0.3 is 67.5 Å². The van der Waals surface area contributed by atoms with Crippen molar-refractivity contribution in [2.75, 3.05) is 144 Å². The van der Waals surface area contributed by atoms with Crippen LogP contribution in [0, 0.1) is 0 Å². The molecule has 0 radical (unpaired) electrons. The van der Waals surface area contributed by atoms with Gasteiger partial charge in [-0.2, -0.15) is 0 Å². The van der Waals surface area contributed by atoms with Gasteiger partial charge >= 0.3 is 11.9 Å². The molecule has 2 atom stereocenters. The molecule has 20 heteroatoms. The van der Waals surface area contributed by atoms with Gasteiger partial charge in [-0.15, -0.1) is 0 Å². The quantitative estimate of drug-likeness (QED) is 0.0594. The average molecular weight is 936 g/mol. The van der Waals surface area contributed by atoms with Crippen LogP contribution in [0.3, 0.4) is 0 Å². The summed E-state index contributed by atoms with van der Waals surface area (Å²) in [5.74, 6) is -2.91. The number of hydrogen-bond acceptors (Lipinski definition) is 17. The highest BCUT2D eigenvalue weighted by molar-refractivity contribution is 6.31. The maximum atomic E-state index is 13.4. The number of ether oxygens (including phenoxy) is 12. The van der Waals surface area contributed by atoms with Crippen molar-refractivity contribution in [1.29, 1.82) is 0 Å². The zero-order valence-corrected chi connectivity index (χ0v) is 38.3.